The smallest absolute Gasteiger partial charge is 0.319 e. The number of carbonyl (C=O) groups excluding carboxylic acids is 1. The minimum Gasteiger partial charge on any atom is -0.358 e. The molecule has 14 heteroatoms. The van der Waals surface area contributed by atoms with E-state index in [1.54, 1.807) is 56.1 Å². The lowest BCUT2D eigenvalue weighted by molar-refractivity contribution is 0.171. The van der Waals surface area contributed by atoms with Crippen LogP contribution < -0.4 is 0 Å². The number of hydrogen-bond acceptors (Lipinski definition) is 6. The average Bonchev–Trinajstić information content (AvgIpc) is 1.64. The predicted molar refractivity (Wildman–Crippen MR) is 557 cm³/mol. The first-order chi connectivity index (χ1) is 59.1. The van der Waals surface area contributed by atoms with Crippen LogP contribution in [0.25, 0.3) is 63.8 Å². The van der Waals surface area contributed by atoms with E-state index in [0.717, 1.165) is 37.0 Å². The molecular formula is C112H164N8O3S3. The van der Waals surface area contributed by atoms with Crippen molar-refractivity contribution in [2.45, 2.75) is 306 Å². The maximum absolute atomic E-state index is 12.2. The number of aromatic nitrogens is 4. The van der Waals surface area contributed by atoms with Gasteiger partial charge in [-0.05, 0) is 229 Å². The van der Waals surface area contributed by atoms with Gasteiger partial charge in [-0.25, -0.2) is 9.78 Å². The number of para-hydroxylation sites is 2. The third-order valence-electron chi connectivity index (χ3n) is 24.5. The van der Waals surface area contributed by atoms with Crippen molar-refractivity contribution >= 4 is 103 Å². The van der Waals surface area contributed by atoms with Crippen LogP contribution in [-0.2, 0) is 10.2 Å². The van der Waals surface area contributed by atoms with Crippen molar-refractivity contribution in [1.82, 2.24) is 37.9 Å². The Balaban J connectivity index is 0.000000198. The number of H-pyrrole nitrogens is 2. The van der Waals surface area contributed by atoms with Crippen molar-refractivity contribution < 1.29 is 13.2 Å². The third kappa shape index (κ3) is 26.8. The molecule has 12 aromatic rings. The molecule has 0 saturated heterocycles. The van der Waals surface area contributed by atoms with E-state index in [0.29, 0.717) is 108 Å². The van der Waals surface area contributed by atoms with Gasteiger partial charge in [0.25, 0.3) is 10.2 Å². The number of amides is 2. The van der Waals surface area contributed by atoms with Crippen LogP contribution in [0, 0.1) is 23.7 Å². The highest BCUT2D eigenvalue weighted by Crippen LogP contribution is 2.43. The molecule has 0 unspecified atom stereocenters. The van der Waals surface area contributed by atoms with Gasteiger partial charge in [-0.1, -0.05) is 334 Å². The van der Waals surface area contributed by atoms with Gasteiger partial charge >= 0.3 is 6.03 Å². The molecule has 7 heterocycles. The van der Waals surface area contributed by atoms with E-state index >= 15 is 0 Å². The summed E-state index contributed by atoms with van der Waals surface area (Å²) in [6.45, 7) is 74.8. The third-order valence-corrected chi connectivity index (χ3v) is 29.3. The summed E-state index contributed by atoms with van der Waals surface area (Å²) in [5.74, 6) is 8.62. The molecule has 2 N–H and O–H groups in total. The van der Waals surface area contributed by atoms with Gasteiger partial charge in [0.15, 0.2) is 0 Å². The summed E-state index contributed by atoms with van der Waals surface area (Å²) < 4.78 is 32.5. The van der Waals surface area contributed by atoms with Crippen LogP contribution in [0.2, 0.25) is 0 Å². The number of aromatic amines is 2. The number of nitrogens with zero attached hydrogens (tertiary/aromatic N) is 6. The number of carbonyl (C=O) groups is 1. The first kappa shape index (κ1) is 105. The topological polar surface area (TPSA) is 114 Å². The summed E-state index contributed by atoms with van der Waals surface area (Å²) >= 11 is 3.92. The Bertz CT molecular complexity index is 5170. The van der Waals surface area contributed by atoms with Gasteiger partial charge in [-0.15, -0.1) is 22.7 Å². The number of thiophene rings is 2. The molecule has 14 rings (SSSR count). The molecule has 5 aromatic heterocycles. The quantitative estimate of drug-likeness (QED) is 0.0833. The van der Waals surface area contributed by atoms with Crippen LogP contribution in [-0.4, -0.2) is 107 Å². The van der Waals surface area contributed by atoms with E-state index in [9.17, 15) is 13.2 Å². The zero-order valence-electron chi connectivity index (χ0n) is 84.6. The lowest BCUT2D eigenvalue weighted by atomic mass is 9.86. The summed E-state index contributed by atoms with van der Waals surface area (Å²) in [6.07, 6.45) is 3.65. The number of urea groups is 1. The fraction of sp³-hybridized carbons (Fsp3) is 0.518. The minimum absolute atomic E-state index is 0.131. The van der Waals surface area contributed by atoms with Gasteiger partial charge in [-0.2, -0.15) is 17.0 Å². The average molecular weight is 1770 g/mol. The second-order valence-electron chi connectivity index (χ2n) is 40.2. The SMILES string of the molecule is CC(C)C1=C(C(C)C)CN(C(=O)N(C)C)CC1.CC(C)C1=C(C(C)C)CN(S(=O)(=O)N(C)C)CC1.CC(C)c1[nH]c2ccccc2c1C(C)C.CC(C)c1cc2ccccc2cc1C(C)C.CC(C)c1cc2ccccc2n1C(C)C.CC(C)c1cc2nc[nH]c2cc1C(C)C.CC(C)c1sc2ccccc2c1C(C)C.CC(C)c1sc2ccccc2c1C(C)C. The molecule has 0 bridgehead atoms. The Morgan fingerprint density at radius 3 is 1.21 bits per heavy atom. The highest BCUT2D eigenvalue weighted by atomic mass is 32.2. The van der Waals surface area contributed by atoms with Gasteiger partial charge in [0, 0.05) is 107 Å². The molecule has 11 nitrogen and oxygen atoms in total. The van der Waals surface area contributed by atoms with E-state index in [1.165, 1.54) is 113 Å². The maximum Gasteiger partial charge on any atom is 0.319 e. The highest BCUT2D eigenvalue weighted by Gasteiger charge is 2.32. The van der Waals surface area contributed by atoms with E-state index in [-0.39, 0.29) is 6.03 Å². The Hall–Kier alpha value is -8.11. The molecule has 7 aromatic carbocycles. The molecule has 2 amide bonds. The summed E-state index contributed by atoms with van der Waals surface area (Å²) in [5, 5.41) is 8.37. The Kier molecular flexibility index (Phi) is 39.5. The van der Waals surface area contributed by atoms with Crippen molar-refractivity contribution in [3.63, 3.8) is 0 Å². The first-order valence-electron chi connectivity index (χ1n) is 47.4. The Morgan fingerprint density at radius 1 is 0.389 bits per heavy atom. The van der Waals surface area contributed by atoms with E-state index in [2.05, 4.69) is 393 Å². The van der Waals surface area contributed by atoms with Crippen molar-refractivity contribution in [2.24, 2.45) is 23.7 Å². The van der Waals surface area contributed by atoms with Crippen molar-refractivity contribution in [1.29, 1.82) is 0 Å². The predicted octanol–water partition coefficient (Wildman–Crippen LogP) is 33.0. The first-order valence-corrected chi connectivity index (χ1v) is 50.5. The van der Waals surface area contributed by atoms with Gasteiger partial charge in [0.1, 0.15) is 0 Å². The standard InChI is InChI=1S/C16H20.C14H26N2O.2C14H19N.2C14H18S.C13H26N2O2S.C13H18N2/c1-11(2)15-9-13-7-5-6-8-14(13)10-16(15)12(3)4;1-10(2)12-7-8-16(14(17)15(5)6)9-13(12)11(3)4;1-10(2)14-9-12-7-5-6-8-13(12)15(14)11(3)4;3*1-9(2)13-11-7-5-6-8-12(11)15-14(13)10(3)4;1-10(2)12-7-8-15(9-13(12)11(3)4)18(16,17)14(5)6;1-8(2)10-5-12-13(15-7-14-12)6-11(10)9(3)4/h5-12H,1-4H3;10-11H,7-9H2,1-6H3;5-11H,1-4H3;5-10,15H,1-4H3;2*5-10H,1-4H3;10-11H,7-9H2,1-6H3;5-9H,1-4H3,(H,14,15). The fourth-order valence-corrected chi connectivity index (χ4v) is 21.7. The van der Waals surface area contributed by atoms with E-state index < -0.39 is 10.2 Å². The second kappa shape index (κ2) is 47.5. The van der Waals surface area contributed by atoms with Gasteiger partial charge in [0.05, 0.1) is 17.4 Å². The van der Waals surface area contributed by atoms with E-state index in [4.69, 9.17) is 0 Å². The zero-order valence-corrected chi connectivity index (χ0v) is 87.1. The lowest BCUT2D eigenvalue weighted by Gasteiger charge is -2.35. The molecule has 688 valence electrons. The second-order valence-corrected chi connectivity index (χ2v) is 44.5. The largest absolute Gasteiger partial charge is 0.358 e. The molecule has 2 aliphatic heterocycles. The molecule has 0 atom stereocenters. The van der Waals surface area contributed by atoms with Crippen LogP contribution in [0.4, 0.5) is 4.79 Å². The van der Waals surface area contributed by atoms with E-state index in [1.807, 2.05) is 41.7 Å². The summed E-state index contributed by atoms with van der Waals surface area (Å²) in [7, 11) is 3.53. The molecule has 0 saturated carbocycles. The number of benzene rings is 7. The van der Waals surface area contributed by atoms with Crippen LogP contribution in [0.5, 0.6) is 0 Å². The van der Waals surface area contributed by atoms with Crippen LogP contribution in [0.1, 0.15) is 366 Å². The van der Waals surface area contributed by atoms with Crippen molar-refractivity contribution in [2.75, 3.05) is 54.4 Å². The Labute approximate surface area is 772 Å². The molecule has 0 aliphatic carbocycles. The minimum atomic E-state index is -3.28. The van der Waals surface area contributed by atoms with Gasteiger partial charge < -0.3 is 24.3 Å². The molecule has 0 radical (unpaired) electrons. The lowest BCUT2D eigenvalue weighted by Crippen LogP contribution is -2.44. The Morgan fingerprint density at radius 2 is 0.794 bits per heavy atom. The maximum atomic E-state index is 12.2. The van der Waals surface area contributed by atoms with Gasteiger partial charge in [0.2, 0.25) is 0 Å². The number of rotatable bonds is 18. The summed E-state index contributed by atoms with van der Waals surface area (Å²) in [6, 6.07) is 55.5. The number of hydrogen-bond donors (Lipinski definition) is 2. The highest BCUT2D eigenvalue weighted by molar-refractivity contribution is 7.86. The van der Waals surface area contributed by atoms with Crippen molar-refractivity contribution in [3.8, 4) is 0 Å². The normalized spacial score (nSPS) is 13.6. The summed E-state index contributed by atoms with van der Waals surface area (Å²) in [5.41, 5.74) is 23.9. The number of fused-ring (bicyclic) bond motifs is 6. The molecule has 2 aliphatic rings. The number of imidazole rings is 1. The molecule has 0 fully saturated rings. The summed E-state index contributed by atoms with van der Waals surface area (Å²) in [4.78, 5) is 29.7. The zero-order chi connectivity index (χ0) is 94.0. The molecule has 126 heavy (non-hydrogen) atoms. The molecule has 0 spiro atoms. The monoisotopic (exact) mass is 1770 g/mol. The molecular weight excluding hydrogens is 1600 g/mol. The van der Waals surface area contributed by atoms with Crippen LogP contribution >= 0.6 is 22.7 Å². The van der Waals surface area contributed by atoms with Crippen LogP contribution in [0.15, 0.2) is 180 Å². The van der Waals surface area contributed by atoms with Crippen LogP contribution in [0.3, 0.4) is 0 Å². The fourth-order valence-electron chi connectivity index (χ4n) is 17.9. The number of nitrogens with one attached hydrogen (secondary N) is 2. The van der Waals surface area contributed by atoms with Gasteiger partial charge in [-0.3, -0.25) is 0 Å². The van der Waals surface area contributed by atoms with Crippen molar-refractivity contribution in [3.05, 3.63) is 240 Å².